The fourth-order valence-corrected chi connectivity index (χ4v) is 2.53. The van der Waals surface area contributed by atoms with Crippen LogP contribution in [0.1, 0.15) is 27.0 Å². The molecule has 0 aromatic heterocycles. The molecule has 0 radical (unpaired) electrons. The van der Waals surface area contributed by atoms with Crippen LogP contribution < -0.4 is 9.47 Å². The van der Waals surface area contributed by atoms with Crippen molar-refractivity contribution in [3.63, 3.8) is 0 Å². The number of halogens is 1. The fourth-order valence-electron chi connectivity index (χ4n) is 2.37. The average Bonchev–Trinajstić information content (AvgIpc) is 2.45. The molecule has 0 atom stereocenters. The van der Waals surface area contributed by atoms with E-state index in [1.165, 1.54) is 7.11 Å². The van der Waals surface area contributed by atoms with E-state index in [2.05, 4.69) is 0 Å². The lowest BCUT2D eigenvalue weighted by Crippen LogP contribution is -2.08. The van der Waals surface area contributed by atoms with Crippen LogP contribution >= 0.6 is 11.6 Å². The van der Waals surface area contributed by atoms with Crippen LogP contribution in [-0.2, 0) is 0 Å². The normalized spacial score (nSPS) is 10.3. The highest BCUT2D eigenvalue weighted by Gasteiger charge is 2.21. The molecule has 0 N–H and O–H groups in total. The predicted octanol–water partition coefficient (Wildman–Crippen LogP) is 4.21. The van der Waals surface area contributed by atoms with Gasteiger partial charge in [0.1, 0.15) is 11.5 Å². The van der Waals surface area contributed by atoms with Crippen molar-refractivity contribution < 1.29 is 14.3 Å². The van der Waals surface area contributed by atoms with Gasteiger partial charge in [-0.2, -0.15) is 0 Å². The standard InChI is InChI=1S/C17H17ClO3/c1-10-7-11(2)16(15(8-10)21-4)17(19)13-6-5-12(18)9-14(13)20-3/h5-9H,1-4H3. The molecule has 3 nitrogen and oxygen atoms in total. The lowest BCUT2D eigenvalue weighted by atomic mass is 9.96. The van der Waals surface area contributed by atoms with Gasteiger partial charge in [0.15, 0.2) is 0 Å². The van der Waals surface area contributed by atoms with E-state index in [1.807, 2.05) is 26.0 Å². The van der Waals surface area contributed by atoms with Crippen LogP contribution in [0, 0.1) is 13.8 Å². The monoisotopic (exact) mass is 304 g/mol. The number of benzene rings is 2. The molecule has 110 valence electrons. The van der Waals surface area contributed by atoms with Crippen molar-refractivity contribution in [1.29, 1.82) is 0 Å². The number of hydrogen-bond acceptors (Lipinski definition) is 3. The lowest BCUT2D eigenvalue weighted by molar-refractivity contribution is 0.103. The molecule has 2 aromatic carbocycles. The minimum absolute atomic E-state index is 0.141. The molecule has 0 amide bonds. The Morgan fingerprint density at radius 2 is 1.67 bits per heavy atom. The van der Waals surface area contributed by atoms with Crippen molar-refractivity contribution in [1.82, 2.24) is 0 Å². The van der Waals surface area contributed by atoms with E-state index in [-0.39, 0.29) is 5.78 Å². The molecule has 2 rings (SSSR count). The van der Waals surface area contributed by atoms with Gasteiger partial charge < -0.3 is 9.47 Å². The molecule has 0 saturated heterocycles. The molecule has 0 aliphatic carbocycles. The summed E-state index contributed by atoms with van der Waals surface area (Å²) in [5, 5.41) is 0.524. The molecule has 0 aliphatic rings. The molecule has 0 heterocycles. The summed E-state index contributed by atoms with van der Waals surface area (Å²) in [6.07, 6.45) is 0. The Morgan fingerprint density at radius 3 is 2.29 bits per heavy atom. The lowest BCUT2D eigenvalue weighted by Gasteiger charge is -2.14. The maximum atomic E-state index is 12.8. The number of carbonyl (C=O) groups excluding carboxylic acids is 1. The fraction of sp³-hybridized carbons (Fsp3) is 0.235. The minimum atomic E-state index is -0.141. The van der Waals surface area contributed by atoms with Crippen LogP contribution in [0.2, 0.25) is 5.02 Å². The zero-order valence-corrected chi connectivity index (χ0v) is 13.2. The molecule has 0 bridgehead atoms. The van der Waals surface area contributed by atoms with Crippen LogP contribution in [0.5, 0.6) is 11.5 Å². The Labute approximate surface area is 129 Å². The molecular formula is C17H17ClO3. The van der Waals surface area contributed by atoms with Crippen molar-refractivity contribution in [3.8, 4) is 11.5 Å². The summed E-state index contributed by atoms with van der Waals surface area (Å²) in [4.78, 5) is 12.8. The maximum absolute atomic E-state index is 12.8. The molecule has 4 heteroatoms. The van der Waals surface area contributed by atoms with Gasteiger partial charge >= 0.3 is 0 Å². The van der Waals surface area contributed by atoms with Crippen molar-refractivity contribution in [2.45, 2.75) is 13.8 Å². The second kappa shape index (κ2) is 6.19. The van der Waals surface area contributed by atoms with Gasteiger partial charge in [0.05, 0.1) is 25.3 Å². The molecule has 21 heavy (non-hydrogen) atoms. The van der Waals surface area contributed by atoms with Crippen LogP contribution in [0.25, 0.3) is 0 Å². The molecule has 0 aliphatic heterocycles. The van der Waals surface area contributed by atoms with Gasteiger partial charge in [-0.05, 0) is 49.2 Å². The zero-order valence-electron chi connectivity index (χ0n) is 12.5. The van der Waals surface area contributed by atoms with Crippen LogP contribution in [-0.4, -0.2) is 20.0 Å². The highest BCUT2D eigenvalue weighted by atomic mass is 35.5. The number of rotatable bonds is 4. The Bertz CT molecular complexity index is 693. The molecular weight excluding hydrogens is 288 g/mol. The third kappa shape index (κ3) is 3.03. The molecule has 0 saturated carbocycles. The van der Waals surface area contributed by atoms with E-state index in [0.29, 0.717) is 27.6 Å². The van der Waals surface area contributed by atoms with Gasteiger partial charge in [0, 0.05) is 5.02 Å². The second-order valence-corrected chi connectivity index (χ2v) is 5.27. The van der Waals surface area contributed by atoms with Gasteiger partial charge in [0.2, 0.25) is 5.78 Å². The highest BCUT2D eigenvalue weighted by molar-refractivity contribution is 6.31. The first kappa shape index (κ1) is 15.4. The summed E-state index contributed by atoms with van der Waals surface area (Å²) in [5.74, 6) is 0.877. The quantitative estimate of drug-likeness (QED) is 0.794. The maximum Gasteiger partial charge on any atom is 0.200 e. The smallest absolute Gasteiger partial charge is 0.200 e. The van der Waals surface area contributed by atoms with Gasteiger partial charge in [-0.3, -0.25) is 4.79 Å². The van der Waals surface area contributed by atoms with Crippen LogP contribution in [0.4, 0.5) is 0 Å². The summed E-state index contributed by atoms with van der Waals surface area (Å²) in [6.45, 7) is 3.86. The minimum Gasteiger partial charge on any atom is -0.496 e. The number of carbonyl (C=O) groups is 1. The summed E-state index contributed by atoms with van der Waals surface area (Å²) in [7, 11) is 3.08. The largest absolute Gasteiger partial charge is 0.496 e. The average molecular weight is 305 g/mol. The second-order valence-electron chi connectivity index (χ2n) is 4.83. The van der Waals surface area contributed by atoms with E-state index >= 15 is 0 Å². The summed E-state index contributed by atoms with van der Waals surface area (Å²) >= 11 is 5.94. The van der Waals surface area contributed by atoms with E-state index in [9.17, 15) is 4.79 Å². The van der Waals surface area contributed by atoms with E-state index in [0.717, 1.165) is 11.1 Å². The Hall–Kier alpha value is -2.00. The van der Waals surface area contributed by atoms with Gasteiger partial charge in [-0.1, -0.05) is 17.7 Å². The summed E-state index contributed by atoms with van der Waals surface area (Å²) < 4.78 is 10.6. The van der Waals surface area contributed by atoms with Gasteiger partial charge in [-0.25, -0.2) is 0 Å². The first-order valence-electron chi connectivity index (χ1n) is 6.51. The highest BCUT2D eigenvalue weighted by Crippen LogP contribution is 2.31. The van der Waals surface area contributed by atoms with Crippen molar-refractivity contribution >= 4 is 17.4 Å². The summed E-state index contributed by atoms with van der Waals surface area (Å²) in [5.41, 5.74) is 2.92. The van der Waals surface area contributed by atoms with E-state index in [1.54, 1.807) is 25.3 Å². The number of ether oxygens (including phenoxy) is 2. The van der Waals surface area contributed by atoms with Crippen molar-refractivity contribution in [3.05, 3.63) is 57.6 Å². The third-order valence-electron chi connectivity index (χ3n) is 3.30. The Morgan fingerprint density at radius 1 is 1.00 bits per heavy atom. The van der Waals surface area contributed by atoms with E-state index < -0.39 is 0 Å². The Kier molecular flexibility index (Phi) is 4.53. The summed E-state index contributed by atoms with van der Waals surface area (Å²) in [6, 6.07) is 8.78. The third-order valence-corrected chi connectivity index (χ3v) is 3.53. The van der Waals surface area contributed by atoms with Crippen molar-refractivity contribution in [2.24, 2.45) is 0 Å². The van der Waals surface area contributed by atoms with Crippen LogP contribution in [0.15, 0.2) is 30.3 Å². The van der Waals surface area contributed by atoms with Gasteiger partial charge in [0.25, 0.3) is 0 Å². The number of hydrogen-bond donors (Lipinski definition) is 0. The number of methoxy groups -OCH3 is 2. The SMILES string of the molecule is COc1cc(Cl)ccc1C(=O)c1c(C)cc(C)cc1OC. The molecule has 0 spiro atoms. The van der Waals surface area contributed by atoms with Crippen LogP contribution in [0.3, 0.4) is 0 Å². The molecule has 0 fully saturated rings. The topological polar surface area (TPSA) is 35.5 Å². The number of ketones is 1. The van der Waals surface area contributed by atoms with Gasteiger partial charge in [-0.15, -0.1) is 0 Å². The number of aryl methyl sites for hydroxylation is 2. The van der Waals surface area contributed by atoms with E-state index in [4.69, 9.17) is 21.1 Å². The molecule has 2 aromatic rings. The molecule has 0 unspecified atom stereocenters. The Balaban J connectivity index is 2.60. The van der Waals surface area contributed by atoms with Crippen molar-refractivity contribution in [2.75, 3.05) is 14.2 Å². The first-order valence-corrected chi connectivity index (χ1v) is 6.89. The predicted molar refractivity (Wildman–Crippen MR) is 83.9 cm³/mol. The first-order chi connectivity index (χ1) is 9.97. The zero-order chi connectivity index (χ0) is 15.6.